The van der Waals surface area contributed by atoms with Crippen molar-refractivity contribution in [3.63, 3.8) is 0 Å². The number of piperidine rings is 1. The van der Waals surface area contributed by atoms with Crippen LogP contribution in [0.2, 0.25) is 0 Å². The fraction of sp³-hybridized carbons (Fsp3) is 0.467. The van der Waals surface area contributed by atoms with Gasteiger partial charge in [0.15, 0.2) is 0 Å². The monoisotopic (exact) mass is 349 g/mol. The molecule has 2 N–H and O–H groups in total. The second-order valence-electron chi connectivity index (χ2n) is 5.71. The quantitative estimate of drug-likeness (QED) is 0.812. The molecule has 1 aliphatic carbocycles. The van der Waals surface area contributed by atoms with E-state index in [9.17, 15) is 4.79 Å². The van der Waals surface area contributed by atoms with Gasteiger partial charge in [-0.15, -0.1) is 0 Å². The summed E-state index contributed by atoms with van der Waals surface area (Å²) in [7, 11) is 0. The van der Waals surface area contributed by atoms with Crippen molar-refractivity contribution in [3.8, 4) is 5.75 Å². The highest BCUT2D eigenvalue weighted by Crippen LogP contribution is 2.40. The highest BCUT2D eigenvalue weighted by molar-refractivity contribution is 9.11. The molecule has 0 saturated carbocycles. The van der Waals surface area contributed by atoms with Crippen molar-refractivity contribution in [3.05, 3.63) is 44.6 Å². The molecular formula is C15H16BrN3O2. The molecule has 0 bridgehead atoms. The first-order chi connectivity index (χ1) is 10.2. The van der Waals surface area contributed by atoms with E-state index in [1.165, 1.54) is 0 Å². The van der Waals surface area contributed by atoms with Crippen molar-refractivity contribution in [1.29, 1.82) is 0 Å². The minimum Gasteiger partial charge on any atom is -0.478 e. The minimum atomic E-state index is -0.152. The molecule has 2 unspecified atom stereocenters. The lowest BCUT2D eigenvalue weighted by atomic mass is 9.94. The second-order valence-corrected chi connectivity index (χ2v) is 6.62. The number of allylic oxidation sites excluding steroid dienone is 2. The molecule has 0 spiro atoms. The van der Waals surface area contributed by atoms with Gasteiger partial charge in [-0.3, -0.25) is 4.79 Å². The first-order valence-corrected chi connectivity index (χ1v) is 8.08. The van der Waals surface area contributed by atoms with Crippen molar-refractivity contribution in [1.82, 2.24) is 15.3 Å². The number of hydrogen-bond acceptors (Lipinski definition) is 4. The van der Waals surface area contributed by atoms with E-state index in [0.717, 1.165) is 41.9 Å². The number of aromatic nitrogens is 2. The highest BCUT2D eigenvalue weighted by Gasteiger charge is 2.37. The first kappa shape index (κ1) is 13.3. The zero-order valence-corrected chi connectivity index (χ0v) is 13.0. The second kappa shape index (κ2) is 5.10. The lowest BCUT2D eigenvalue weighted by Gasteiger charge is -2.22. The molecule has 0 aromatic carbocycles. The normalized spacial score (nSPS) is 27.8. The van der Waals surface area contributed by atoms with E-state index in [-0.39, 0.29) is 17.6 Å². The Balaban J connectivity index is 1.76. The van der Waals surface area contributed by atoms with Gasteiger partial charge in [-0.1, -0.05) is 22.0 Å². The summed E-state index contributed by atoms with van der Waals surface area (Å²) in [5.41, 5.74) is 0.624. The molecule has 0 radical (unpaired) electrons. The summed E-state index contributed by atoms with van der Waals surface area (Å²) in [5.74, 6) is 1.55. The highest BCUT2D eigenvalue weighted by atomic mass is 79.9. The number of aromatic amines is 1. The summed E-state index contributed by atoms with van der Waals surface area (Å²) >= 11 is 3.49. The molecule has 2 atom stereocenters. The van der Waals surface area contributed by atoms with Crippen molar-refractivity contribution in [2.24, 2.45) is 0 Å². The van der Waals surface area contributed by atoms with Crippen LogP contribution in [0.4, 0.5) is 0 Å². The number of fused-ring (bicyclic) bond motifs is 3. The van der Waals surface area contributed by atoms with Crippen LogP contribution in [0.25, 0.3) is 0 Å². The SMILES string of the molecule is O=c1[nH]c(C2CCNCC2)nc2c1OC1C=CC(Br)=CC21. The van der Waals surface area contributed by atoms with E-state index in [0.29, 0.717) is 11.7 Å². The van der Waals surface area contributed by atoms with Crippen molar-refractivity contribution in [2.45, 2.75) is 30.8 Å². The molecule has 1 fully saturated rings. The van der Waals surface area contributed by atoms with Gasteiger partial charge in [0.05, 0.1) is 5.92 Å². The van der Waals surface area contributed by atoms with E-state index in [1.54, 1.807) is 0 Å². The number of ether oxygens (including phenoxy) is 1. The number of hydrogen-bond donors (Lipinski definition) is 2. The van der Waals surface area contributed by atoms with Crippen LogP contribution in [0.5, 0.6) is 5.75 Å². The molecule has 21 heavy (non-hydrogen) atoms. The zero-order valence-electron chi connectivity index (χ0n) is 11.4. The predicted octanol–water partition coefficient (Wildman–Crippen LogP) is 1.93. The Morgan fingerprint density at radius 2 is 2.14 bits per heavy atom. The maximum Gasteiger partial charge on any atom is 0.293 e. The Morgan fingerprint density at radius 1 is 1.33 bits per heavy atom. The van der Waals surface area contributed by atoms with Crippen LogP contribution >= 0.6 is 15.9 Å². The molecular weight excluding hydrogens is 334 g/mol. The van der Waals surface area contributed by atoms with E-state index < -0.39 is 0 Å². The average Bonchev–Trinajstić information content (AvgIpc) is 2.87. The molecule has 1 aromatic rings. The van der Waals surface area contributed by atoms with Crippen LogP contribution in [-0.4, -0.2) is 29.2 Å². The molecule has 1 saturated heterocycles. The summed E-state index contributed by atoms with van der Waals surface area (Å²) in [5, 5.41) is 3.33. The molecule has 3 heterocycles. The Labute approximate surface area is 130 Å². The van der Waals surface area contributed by atoms with Crippen LogP contribution in [0.15, 0.2) is 27.5 Å². The molecule has 110 valence electrons. The van der Waals surface area contributed by atoms with Crippen LogP contribution in [0, 0.1) is 0 Å². The van der Waals surface area contributed by atoms with E-state index >= 15 is 0 Å². The summed E-state index contributed by atoms with van der Waals surface area (Å²) in [6.45, 7) is 1.95. The third-order valence-corrected chi connectivity index (χ3v) is 4.88. The maximum absolute atomic E-state index is 12.3. The zero-order chi connectivity index (χ0) is 14.4. The molecule has 2 aliphatic heterocycles. The number of nitrogens with one attached hydrogen (secondary N) is 2. The van der Waals surface area contributed by atoms with Gasteiger partial charge in [0.25, 0.3) is 5.56 Å². The van der Waals surface area contributed by atoms with E-state index in [2.05, 4.69) is 32.3 Å². The molecule has 3 aliphatic rings. The number of H-pyrrole nitrogens is 1. The van der Waals surface area contributed by atoms with Gasteiger partial charge in [0.2, 0.25) is 5.75 Å². The number of rotatable bonds is 1. The summed E-state index contributed by atoms with van der Waals surface area (Å²) in [6.07, 6.45) is 7.90. The topological polar surface area (TPSA) is 67.0 Å². The van der Waals surface area contributed by atoms with E-state index in [1.807, 2.05) is 12.2 Å². The largest absolute Gasteiger partial charge is 0.478 e. The Morgan fingerprint density at radius 3 is 2.95 bits per heavy atom. The van der Waals surface area contributed by atoms with E-state index in [4.69, 9.17) is 9.72 Å². The fourth-order valence-corrected chi connectivity index (χ4v) is 3.68. The molecule has 4 rings (SSSR count). The van der Waals surface area contributed by atoms with Gasteiger partial charge in [-0.05, 0) is 38.1 Å². The Hall–Kier alpha value is -1.40. The van der Waals surface area contributed by atoms with Crippen molar-refractivity contribution >= 4 is 15.9 Å². The lowest BCUT2D eigenvalue weighted by Crippen LogP contribution is -2.29. The van der Waals surface area contributed by atoms with Gasteiger partial charge in [0.1, 0.15) is 17.6 Å². The van der Waals surface area contributed by atoms with Gasteiger partial charge in [-0.2, -0.15) is 0 Å². The average molecular weight is 350 g/mol. The molecule has 5 nitrogen and oxygen atoms in total. The van der Waals surface area contributed by atoms with Crippen LogP contribution in [0.3, 0.4) is 0 Å². The first-order valence-electron chi connectivity index (χ1n) is 7.29. The number of nitrogens with zero attached hydrogens (tertiary/aromatic N) is 1. The third-order valence-electron chi connectivity index (χ3n) is 4.35. The van der Waals surface area contributed by atoms with Gasteiger partial charge >= 0.3 is 0 Å². The summed E-state index contributed by atoms with van der Waals surface area (Å²) in [4.78, 5) is 20.0. The molecule has 6 heteroatoms. The van der Waals surface area contributed by atoms with Crippen LogP contribution in [0.1, 0.15) is 36.2 Å². The van der Waals surface area contributed by atoms with Crippen LogP contribution < -0.4 is 15.6 Å². The van der Waals surface area contributed by atoms with Gasteiger partial charge in [0, 0.05) is 10.4 Å². The standard InChI is InChI=1S/C15H16BrN3O2/c16-9-1-2-11-10(7-9)12-13(21-11)15(20)19-14(18-12)8-3-5-17-6-4-8/h1-2,7-8,10-11,17H,3-6H2,(H,18,19,20). The lowest BCUT2D eigenvalue weighted by molar-refractivity contribution is 0.266. The smallest absolute Gasteiger partial charge is 0.293 e. The molecule has 1 aromatic heterocycles. The summed E-state index contributed by atoms with van der Waals surface area (Å²) < 4.78 is 6.77. The Kier molecular flexibility index (Phi) is 3.23. The number of halogens is 1. The third kappa shape index (κ3) is 2.26. The maximum atomic E-state index is 12.3. The van der Waals surface area contributed by atoms with Gasteiger partial charge < -0.3 is 15.0 Å². The van der Waals surface area contributed by atoms with Crippen molar-refractivity contribution < 1.29 is 4.74 Å². The summed E-state index contributed by atoms with van der Waals surface area (Å²) in [6, 6.07) is 0. The van der Waals surface area contributed by atoms with Crippen molar-refractivity contribution in [2.75, 3.05) is 13.1 Å². The fourth-order valence-electron chi connectivity index (χ4n) is 3.24. The minimum absolute atomic E-state index is 0.0298. The van der Waals surface area contributed by atoms with Crippen LogP contribution in [-0.2, 0) is 0 Å². The Bertz CT molecular complexity index is 689. The van der Waals surface area contributed by atoms with Gasteiger partial charge in [-0.25, -0.2) is 4.98 Å². The molecule has 0 amide bonds. The predicted molar refractivity (Wildman–Crippen MR) is 83.0 cm³/mol.